The lowest BCUT2D eigenvalue weighted by molar-refractivity contribution is -0.149. The third-order valence-electron chi connectivity index (χ3n) is 4.37. The lowest BCUT2D eigenvalue weighted by Crippen LogP contribution is -2.55. The van der Waals surface area contributed by atoms with Crippen molar-refractivity contribution in [2.45, 2.75) is 50.5 Å². The van der Waals surface area contributed by atoms with Crippen molar-refractivity contribution in [2.75, 3.05) is 13.7 Å². The average Bonchev–Trinajstić information content (AvgIpc) is 2.60. The number of amides is 1. The third kappa shape index (κ3) is 4.88. The van der Waals surface area contributed by atoms with E-state index < -0.39 is 11.5 Å². The molecule has 2 rings (SSSR count). The fraction of sp³-hybridized carbons (Fsp3) is 0.556. The summed E-state index contributed by atoms with van der Waals surface area (Å²) < 4.78 is 10.6. The van der Waals surface area contributed by atoms with Gasteiger partial charge in [-0.25, -0.2) is 4.79 Å². The fourth-order valence-electron chi connectivity index (χ4n) is 2.97. The first-order valence-corrected chi connectivity index (χ1v) is 8.37. The van der Waals surface area contributed by atoms with Gasteiger partial charge in [0.1, 0.15) is 17.0 Å². The Bertz CT molecular complexity index is 549. The number of ether oxygens (including phenoxy) is 2. The molecule has 0 unspecified atom stereocenters. The van der Waals surface area contributed by atoms with Gasteiger partial charge in [0.25, 0.3) is 0 Å². The van der Waals surface area contributed by atoms with Crippen molar-refractivity contribution < 1.29 is 24.2 Å². The molecule has 0 bridgehead atoms. The maximum Gasteiger partial charge on any atom is 0.329 e. The number of nitrogens with one attached hydrogen (secondary N) is 1. The zero-order chi connectivity index (χ0) is 17.4. The largest absolute Gasteiger partial charge is 0.497 e. The van der Waals surface area contributed by atoms with Crippen molar-refractivity contribution in [3.63, 3.8) is 0 Å². The van der Waals surface area contributed by atoms with Gasteiger partial charge >= 0.3 is 5.97 Å². The van der Waals surface area contributed by atoms with E-state index in [1.165, 1.54) is 0 Å². The average molecular weight is 335 g/mol. The smallest absolute Gasteiger partial charge is 0.329 e. The van der Waals surface area contributed by atoms with Crippen molar-refractivity contribution in [2.24, 2.45) is 0 Å². The van der Waals surface area contributed by atoms with E-state index in [2.05, 4.69) is 5.32 Å². The van der Waals surface area contributed by atoms with Crippen LogP contribution in [-0.2, 0) is 9.59 Å². The summed E-state index contributed by atoms with van der Waals surface area (Å²) in [6, 6.07) is 7.23. The van der Waals surface area contributed by atoms with Crippen LogP contribution in [0.3, 0.4) is 0 Å². The maximum absolute atomic E-state index is 12.1. The molecular formula is C18H25NO5. The Labute approximate surface area is 142 Å². The zero-order valence-electron chi connectivity index (χ0n) is 14.0. The first-order chi connectivity index (χ1) is 11.6. The molecule has 1 aliphatic carbocycles. The zero-order valence-corrected chi connectivity index (χ0v) is 14.0. The van der Waals surface area contributed by atoms with Crippen LogP contribution in [0.1, 0.15) is 44.9 Å². The molecule has 0 aromatic heterocycles. The van der Waals surface area contributed by atoms with Crippen LogP contribution in [0.4, 0.5) is 0 Å². The number of carboxylic acid groups (broad SMARTS) is 1. The first kappa shape index (κ1) is 18.1. The van der Waals surface area contributed by atoms with Gasteiger partial charge in [0, 0.05) is 6.42 Å². The van der Waals surface area contributed by atoms with Crippen molar-refractivity contribution in [1.82, 2.24) is 5.32 Å². The second-order valence-corrected chi connectivity index (χ2v) is 6.12. The van der Waals surface area contributed by atoms with Crippen LogP contribution < -0.4 is 14.8 Å². The predicted molar refractivity (Wildman–Crippen MR) is 89.3 cm³/mol. The molecule has 1 aromatic rings. The van der Waals surface area contributed by atoms with E-state index in [-0.39, 0.29) is 12.3 Å². The number of hydrogen-bond acceptors (Lipinski definition) is 4. The number of carbonyl (C=O) groups is 2. The molecule has 6 nitrogen and oxygen atoms in total. The molecule has 0 spiro atoms. The van der Waals surface area contributed by atoms with E-state index in [1.54, 1.807) is 19.2 Å². The van der Waals surface area contributed by atoms with Gasteiger partial charge in [-0.1, -0.05) is 19.3 Å². The molecule has 0 aliphatic heterocycles. The Balaban J connectivity index is 1.73. The van der Waals surface area contributed by atoms with Crippen molar-refractivity contribution >= 4 is 11.9 Å². The summed E-state index contributed by atoms with van der Waals surface area (Å²) >= 11 is 0. The number of rotatable bonds is 8. The summed E-state index contributed by atoms with van der Waals surface area (Å²) in [4.78, 5) is 23.6. The van der Waals surface area contributed by atoms with Gasteiger partial charge in [0.05, 0.1) is 13.7 Å². The Morgan fingerprint density at radius 3 is 2.33 bits per heavy atom. The second kappa shape index (κ2) is 8.57. The van der Waals surface area contributed by atoms with Gasteiger partial charge in [0.15, 0.2) is 0 Å². The number of aliphatic carboxylic acids is 1. The molecule has 2 N–H and O–H groups in total. The van der Waals surface area contributed by atoms with Crippen molar-refractivity contribution in [3.8, 4) is 11.5 Å². The second-order valence-electron chi connectivity index (χ2n) is 6.12. The number of benzene rings is 1. The van der Waals surface area contributed by atoms with E-state index >= 15 is 0 Å². The van der Waals surface area contributed by atoms with Crippen molar-refractivity contribution in [1.29, 1.82) is 0 Å². The van der Waals surface area contributed by atoms with E-state index in [1.807, 2.05) is 12.1 Å². The van der Waals surface area contributed by atoms with Crippen LogP contribution in [0, 0.1) is 0 Å². The normalized spacial score (nSPS) is 16.2. The van der Waals surface area contributed by atoms with E-state index in [0.29, 0.717) is 31.6 Å². The number of methoxy groups -OCH3 is 1. The minimum atomic E-state index is -1.08. The quantitative estimate of drug-likeness (QED) is 0.714. The lowest BCUT2D eigenvalue weighted by atomic mass is 9.81. The van der Waals surface area contributed by atoms with Gasteiger partial charge < -0.3 is 19.9 Å². The number of hydrogen-bond donors (Lipinski definition) is 2. The topological polar surface area (TPSA) is 84.9 Å². The summed E-state index contributed by atoms with van der Waals surface area (Å²) in [5.41, 5.74) is -1.08. The van der Waals surface area contributed by atoms with E-state index in [4.69, 9.17) is 9.47 Å². The van der Waals surface area contributed by atoms with Gasteiger partial charge in [0.2, 0.25) is 5.91 Å². The van der Waals surface area contributed by atoms with Crippen LogP contribution in [0.2, 0.25) is 0 Å². The van der Waals surface area contributed by atoms with Crippen LogP contribution in [0.15, 0.2) is 24.3 Å². The number of carbonyl (C=O) groups excluding carboxylic acids is 1. The van der Waals surface area contributed by atoms with Gasteiger partial charge in [-0.3, -0.25) is 4.79 Å². The highest BCUT2D eigenvalue weighted by Crippen LogP contribution is 2.28. The molecule has 6 heteroatoms. The molecule has 132 valence electrons. The van der Waals surface area contributed by atoms with Crippen molar-refractivity contribution in [3.05, 3.63) is 24.3 Å². The SMILES string of the molecule is COc1ccc(OCCCC(=O)NC2(C(=O)O)CCCCC2)cc1. The molecule has 0 heterocycles. The summed E-state index contributed by atoms with van der Waals surface area (Å²) in [6.45, 7) is 0.403. The van der Waals surface area contributed by atoms with Gasteiger partial charge in [-0.05, 0) is 43.5 Å². The van der Waals surface area contributed by atoms with Crippen LogP contribution in [0.5, 0.6) is 11.5 Å². The summed E-state index contributed by atoms with van der Waals surface area (Å²) in [6.07, 6.45) is 4.52. The molecule has 1 aromatic carbocycles. The first-order valence-electron chi connectivity index (χ1n) is 8.37. The van der Waals surface area contributed by atoms with E-state index in [9.17, 15) is 14.7 Å². The minimum Gasteiger partial charge on any atom is -0.497 e. The van der Waals surface area contributed by atoms with Gasteiger partial charge in [-0.15, -0.1) is 0 Å². The summed E-state index contributed by atoms with van der Waals surface area (Å²) in [5, 5.41) is 12.2. The Kier molecular flexibility index (Phi) is 6.46. The molecule has 1 amide bonds. The van der Waals surface area contributed by atoms with E-state index in [0.717, 1.165) is 25.0 Å². The molecule has 1 saturated carbocycles. The molecule has 1 aliphatic rings. The summed E-state index contributed by atoms with van der Waals surface area (Å²) in [5.74, 6) is 0.321. The van der Waals surface area contributed by atoms with Crippen LogP contribution in [0.25, 0.3) is 0 Å². The Morgan fingerprint density at radius 2 is 1.75 bits per heavy atom. The van der Waals surface area contributed by atoms with Crippen LogP contribution >= 0.6 is 0 Å². The monoisotopic (exact) mass is 335 g/mol. The van der Waals surface area contributed by atoms with Gasteiger partial charge in [-0.2, -0.15) is 0 Å². The highest BCUT2D eigenvalue weighted by Gasteiger charge is 2.40. The molecule has 24 heavy (non-hydrogen) atoms. The standard InChI is InChI=1S/C18H25NO5/c1-23-14-7-9-15(10-8-14)24-13-5-6-16(20)19-18(17(21)22)11-3-2-4-12-18/h7-10H,2-6,11-13H2,1H3,(H,19,20)(H,21,22). The predicted octanol–water partition coefficient (Wildman–Crippen LogP) is 2.76. The molecular weight excluding hydrogens is 310 g/mol. The number of carboxylic acids is 1. The summed E-state index contributed by atoms with van der Waals surface area (Å²) in [7, 11) is 1.60. The molecule has 1 fully saturated rings. The minimum absolute atomic E-state index is 0.224. The Morgan fingerprint density at radius 1 is 1.12 bits per heavy atom. The molecule has 0 atom stereocenters. The lowest BCUT2D eigenvalue weighted by Gasteiger charge is -2.34. The molecule has 0 radical (unpaired) electrons. The Hall–Kier alpha value is -2.24. The fourth-order valence-corrected chi connectivity index (χ4v) is 2.97. The third-order valence-corrected chi connectivity index (χ3v) is 4.37. The highest BCUT2D eigenvalue weighted by molar-refractivity contribution is 5.87. The molecule has 0 saturated heterocycles. The van der Waals surface area contributed by atoms with Crippen LogP contribution in [-0.4, -0.2) is 36.2 Å². The maximum atomic E-state index is 12.1. The highest BCUT2D eigenvalue weighted by atomic mass is 16.5.